The first-order valence-corrected chi connectivity index (χ1v) is 7.03. The Morgan fingerprint density at radius 2 is 2.00 bits per heavy atom. The molecule has 90 valence electrons. The maximum Gasteiger partial charge on any atom is 0.141 e. The number of nitrogens with one attached hydrogen (secondary N) is 1. The number of hydrogen-bond donors (Lipinski definition) is 1. The first-order valence-electron chi connectivity index (χ1n) is 5.48. The van der Waals surface area contributed by atoms with Crippen LogP contribution >= 0.6 is 0 Å². The van der Waals surface area contributed by atoms with Crippen LogP contribution in [0.25, 0.3) is 0 Å². The predicted molar refractivity (Wildman–Crippen MR) is 66.7 cm³/mol. The normalized spacial score (nSPS) is 12.8. The third-order valence-electron chi connectivity index (χ3n) is 2.60. The molecule has 0 saturated heterocycles. The van der Waals surface area contributed by atoms with Crippen molar-refractivity contribution < 1.29 is 8.60 Å². The van der Waals surface area contributed by atoms with Crippen molar-refractivity contribution >= 4 is 16.5 Å². The molecule has 0 aliphatic heterocycles. The van der Waals surface area contributed by atoms with Crippen LogP contribution in [0.5, 0.6) is 0 Å². The minimum absolute atomic E-state index is 0.259. The quantitative estimate of drug-likeness (QED) is 0.860. The summed E-state index contributed by atoms with van der Waals surface area (Å²) in [5.41, 5.74) is 0.750. The van der Waals surface area contributed by atoms with E-state index in [4.69, 9.17) is 0 Å². The van der Waals surface area contributed by atoms with Crippen molar-refractivity contribution in [1.29, 1.82) is 0 Å². The smallest absolute Gasteiger partial charge is 0.141 e. The fourth-order valence-electron chi connectivity index (χ4n) is 1.55. The largest absolute Gasteiger partial charge is 0.382 e. The van der Waals surface area contributed by atoms with Crippen LogP contribution in [0.4, 0.5) is 10.1 Å². The van der Waals surface area contributed by atoms with Crippen molar-refractivity contribution in [2.45, 2.75) is 37.6 Å². The molecule has 16 heavy (non-hydrogen) atoms. The molecule has 0 saturated carbocycles. The lowest BCUT2D eigenvalue weighted by Gasteiger charge is -2.16. The Labute approximate surface area is 98.7 Å². The molecule has 0 fully saturated rings. The predicted octanol–water partition coefficient (Wildman–Crippen LogP) is 3.16. The first-order chi connectivity index (χ1) is 7.58. The van der Waals surface area contributed by atoms with Gasteiger partial charge in [-0.15, -0.1) is 0 Å². The Hall–Kier alpha value is -0.900. The zero-order valence-corrected chi connectivity index (χ0v) is 10.7. The van der Waals surface area contributed by atoms with Crippen molar-refractivity contribution in [2.75, 3.05) is 11.6 Å². The SMILES string of the molecule is CCC(CC)Nc1ccc(S(C)=O)c(F)c1. The molecule has 1 rings (SSSR count). The van der Waals surface area contributed by atoms with Gasteiger partial charge in [-0.25, -0.2) is 4.39 Å². The molecule has 0 spiro atoms. The molecule has 1 unspecified atom stereocenters. The van der Waals surface area contributed by atoms with Gasteiger partial charge in [-0.3, -0.25) is 4.21 Å². The van der Waals surface area contributed by atoms with E-state index in [9.17, 15) is 8.60 Å². The van der Waals surface area contributed by atoms with Gasteiger partial charge in [0.05, 0.1) is 15.7 Å². The van der Waals surface area contributed by atoms with Crippen LogP contribution in [0, 0.1) is 5.82 Å². The lowest BCUT2D eigenvalue weighted by atomic mass is 10.1. The minimum atomic E-state index is -1.27. The highest BCUT2D eigenvalue weighted by Gasteiger charge is 2.08. The molecule has 1 aromatic carbocycles. The fraction of sp³-hybridized carbons (Fsp3) is 0.500. The lowest BCUT2D eigenvalue weighted by molar-refractivity contribution is 0.595. The molecule has 1 aromatic rings. The Morgan fingerprint density at radius 3 is 2.44 bits per heavy atom. The average Bonchev–Trinajstić information content (AvgIpc) is 2.25. The van der Waals surface area contributed by atoms with Gasteiger partial charge in [0.25, 0.3) is 0 Å². The molecule has 4 heteroatoms. The second-order valence-electron chi connectivity index (χ2n) is 3.76. The van der Waals surface area contributed by atoms with E-state index in [1.165, 1.54) is 12.3 Å². The van der Waals surface area contributed by atoms with Crippen LogP contribution in [-0.4, -0.2) is 16.5 Å². The maximum atomic E-state index is 13.5. The van der Waals surface area contributed by atoms with Gasteiger partial charge in [-0.05, 0) is 31.0 Å². The molecule has 2 nitrogen and oxygen atoms in total. The van der Waals surface area contributed by atoms with Gasteiger partial charge in [0.1, 0.15) is 5.82 Å². The van der Waals surface area contributed by atoms with Crippen LogP contribution in [0.1, 0.15) is 26.7 Å². The molecule has 0 aliphatic carbocycles. The molecule has 1 N–H and O–H groups in total. The molecule has 0 heterocycles. The number of halogens is 1. The highest BCUT2D eigenvalue weighted by atomic mass is 32.2. The standard InChI is InChI=1S/C12H18FNOS/c1-4-9(5-2)14-10-6-7-12(16(3)15)11(13)8-10/h6-9,14H,4-5H2,1-3H3. The van der Waals surface area contributed by atoms with Gasteiger partial charge < -0.3 is 5.32 Å². The maximum absolute atomic E-state index is 13.5. The molecule has 0 aromatic heterocycles. The molecule has 0 radical (unpaired) electrons. The summed E-state index contributed by atoms with van der Waals surface area (Å²) in [6.07, 6.45) is 3.48. The number of rotatable bonds is 5. The zero-order chi connectivity index (χ0) is 12.1. The van der Waals surface area contributed by atoms with Crippen molar-refractivity contribution in [2.24, 2.45) is 0 Å². The summed E-state index contributed by atoms with van der Waals surface area (Å²) in [7, 11) is -1.27. The van der Waals surface area contributed by atoms with E-state index < -0.39 is 16.6 Å². The summed E-state index contributed by atoms with van der Waals surface area (Å²) < 4.78 is 24.7. The monoisotopic (exact) mass is 243 g/mol. The van der Waals surface area contributed by atoms with Crippen molar-refractivity contribution in [1.82, 2.24) is 0 Å². The van der Waals surface area contributed by atoms with E-state index in [1.807, 2.05) is 0 Å². The van der Waals surface area contributed by atoms with E-state index in [0.717, 1.165) is 18.5 Å². The second kappa shape index (κ2) is 5.99. The summed E-state index contributed by atoms with van der Waals surface area (Å²) in [6.45, 7) is 4.18. The van der Waals surface area contributed by atoms with Gasteiger partial charge in [0, 0.05) is 18.0 Å². The Bertz CT molecular complexity index is 377. The summed E-state index contributed by atoms with van der Waals surface area (Å²) in [5, 5.41) is 3.25. The van der Waals surface area contributed by atoms with Gasteiger partial charge in [0.15, 0.2) is 0 Å². The topological polar surface area (TPSA) is 29.1 Å². The van der Waals surface area contributed by atoms with Crippen LogP contribution in [-0.2, 0) is 10.8 Å². The Balaban J connectivity index is 2.84. The first kappa shape index (κ1) is 13.2. The van der Waals surface area contributed by atoms with E-state index in [2.05, 4.69) is 19.2 Å². The zero-order valence-electron chi connectivity index (χ0n) is 9.92. The lowest BCUT2D eigenvalue weighted by Crippen LogP contribution is -2.17. The van der Waals surface area contributed by atoms with Gasteiger partial charge in [0.2, 0.25) is 0 Å². The Morgan fingerprint density at radius 1 is 1.38 bits per heavy atom. The summed E-state index contributed by atoms with van der Waals surface area (Å²) in [6, 6.07) is 5.13. The van der Waals surface area contributed by atoms with Gasteiger partial charge in [-0.2, -0.15) is 0 Å². The average molecular weight is 243 g/mol. The van der Waals surface area contributed by atoms with Crippen LogP contribution in [0.3, 0.4) is 0 Å². The molecular formula is C12H18FNOS. The van der Waals surface area contributed by atoms with Crippen LogP contribution in [0.2, 0.25) is 0 Å². The summed E-state index contributed by atoms with van der Waals surface area (Å²) in [5.74, 6) is -0.406. The Kier molecular flexibility index (Phi) is 4.93. The third kappa shape index (κ3) is 3.30. The third-order valence-corrected chi connectivity index (χ3v) is 3.55. The van der Waals surface area contributed by atoms with E-state index >= 15 is 0 Å². The van der Waals surface area contributed by atoms with Crippen molar-refractivity contribution in [3.05, 3.63) is 24.0 Å². The highest BCUT2D eigenvalue weighted by Crippen LogP contribution is 2.18. The van der Waals surface area contributed by atoms with Crippen molar-refractivity contribution in [3.8, 4) is 0 Å². The molecule has 0 aliphatic rings. The van der Waals surface area contributed by atoms with Crippen LogP contribution in [0.15, 0.2) is 23.1 Å². The molecular weight excluding hydrogens is 225 g/mol. The van der Waals surface area contributed by atoms with Gasteiger partial charge >= 0.3 is 0 Å². The van der Waals surface area contributed by atoms with Crippen molar-refractivity contribution in [3.63, 3.8) is 0 Å². The molecule has 0 bridgehead atoms. The van der Waals surface area contributed by atoms with Gasteiger partial charge in [-0.1, -0.05) is 13.8 Å². The summed E-state index contributed by atoms with van der Waals surface area (Å²) in [4.78, 5) is 0.259. The fourth-order valence-corrected chi connectivity index (χ4v) is 2.15. The number of benzene rings is 1. The van der Waals surface area contributed by atoms with E-state index in [0.29, 0.717) is 6.04 Å². The molecule has 1 atom stereocenters. The van der Waals surface area contributed by atoms with E-state index in [1.54, 1.807) is 12.1 Å². The minimum Gasteiger partial charge on any atom is -0.382 e. The molecule has 0 amide bonds. The van der Waals surface area contributed by atoms with Crippen LogP contribution < -0.4 is 5.32 Å². The summed E-state index contributed by atoms with van der Waals surface area (Å²) >= 11 is 0. The number of anilines is 1. The number of hydrogen-bond acceptors (Lipinski definition) is 2. The second-order valence-corrected chi connectivity index (χ2v) is 5.11. The van der Waals surface area contributed by atoms with E-state index in [-0.39, 0.29) is 4.90 Å². The highest BCUT2D eigenvalue weighted by molar-refractivity contribution is 7.84.